The number of anilines is 3. The molecule has 0 unspecified atom stereocenters. The van der Waals surface area contributed by atoms with Gasteiger partial charge in [-0.3, -0.25) is 0 Å². The molecule has 13 aromatic rings. The summed E-state index contributed by atoms with van der Waals surface area (Å²) in [5.74, 6) is 0. The van der Waals surface area contributed by atoms with Gasteiger partial charge in [0.2, 0.25) is 0 Å². The molecule has 0 fully saturated rings. The lowest BCUT2D eigenvalue weighted by atomic mass is 9.70. The Labute approximate surface area is 437 Å². The Bertz CT molecular complexity index is 4160. The topological polar surface area (TPSA) is 8.17 Å². The standard InChI is InChI=1S/C73H48N2/c1-4-18-49(19-5-1)54-38-43-64-65-44-39-55(50-20-6-2-7-21-50)47-72(65)75(71(64)46-54)70-31-17-13-24-59(70)53-34-32-51(33-35-53)52-36-40-57(41-37-52)74(56-22-8-3-9-23-56)58-42-45-63-62-27-12-16-30-68(62)73(69(63)48-58)66-28-14-10-25-60(66)61-26-11-15-29-67(61)73/h1-48H. The van der Waals surface area contributed by atoms with Gasteiger partial charge in [0, 0.05) is 33.4 Å². The highest BCUT2D eigenvalue weighted by atomic mass is 15.1. The van der Waals surface area contributed by atoms with Gasteiger partial charge in [0.15, 0.2) is 0 Å². The van der Waals surface area contributed by atoms with Crippen LogP contribution >= 0.6 is 0 Å². The van der Waals surface area contributed by atoms with Crippen LogP contribution < -0.4 is 4.90 Å². The highest BCUT2D eigenvalue weighted by molar-refractivity contribution is 6.12. The lowest BCUT2D eigenvalue weighted by Gasteiger charge is -2.32. The van der Waals surface area contributed by atoms with Crippen molar-refractivity contribution in [1.29, 1.82) is 0 Å². The van der Waals surface area contributed by atoms with E-state index >= 15 is 0 Å². The monoisotopic (exact) mass is 952 g/mol. The first-order valence-corrected chi connectivity index (χ1v) is 26.0. The summed E-state index contributed by atoms with van der Waals surface area (Å²) >= 11 is 0. The molecule has 2 heteroatoms. The summed E-state index contributed by atoms with van der Waals surface area (Å²) in [4.78, 5) is 2.41. The van der Waals surface area contributed by atoms with Gasteiger partial charge in [-0.1, -0.05) is 237 Å². The highest BCUT2D eigenvalue weighted by Gasteiger charge is 2.51. The van der Waals surface area contributed by atoms with Gasteiger partial charge in [0.05, 0.1) is 22.1 Å². The first-order valence-electron chi connectivity index (χ1n) is 26.0. The van der Waals surface area contributed by atoms with E-state index in [9.17, 15) is 0 Å². The molecule has 0 aliphatic heterocycles. The summed E-state index contributed by atoms with van der Waals surface area (Å²) in [6.07, 6.45) is 0. The molecule has 0 amide bonds. The van der Waals surface area contributed by atoms with Crippen LogP contribution in [0.2, 0.25) is 0 Å². The third kappa shape index (κ3) is 6.66. The average molecular weight is 953 g/mol. The van der Waals surface area contributed by atoms with Gasteiger partial charge in [0.25, 0.3) is 0 Å². The number of hydrogen-bond acceptors (Lipinski definition) is 1. The van der Waals surface area contributed by atoms with Crippen LogP contribution in [-0.4, -0.2) is 4.57 Å². The Kier molecular flexibility index (Phi) is 9.83. The molecule has 0 saturated carbocycles. The fraction of sp³-hybridized carbons (Fsp3) is 0.0137. The molecule has 0 N–H and O–H groups in total. The zero-order valence-electron chi connectivity index (χ0n) is 41.1. The second kappa shape index (κ2) is 17.2. The zero-order chi connectivity index (χ0) is 49.5. The number of fused-ring (bicyclic) bond motifs is 13. The van der Waals surface area contributed by atoms with Crippen LogP contribution in [0.3, 0.4) is 0 Å². The molecule has 2 nitrogen and oxygen atoms in total. The zero-order valence-corrected chi connectivity index (χ0v) is 41.1. The van der Waals surface area contributed by atoms with Crippen LogP contribution in [0, 0.1) is 0 Å². The van der Waals surface area contributed by atoms with Crippen LogP contribution in [-0.2, 0) is 5.41 Å². The van der Waals surface area contributed by atoms with Crippen molar-refractivity contribution in [1.82, 2.24) is 4.57 Å². The number of nitrogens with zero attached hydrogens (tertiary/aromatic N) is 2. The SMILES string of the molecule is c1ccc(-c2ccc3c4ccc(-c5ccccc5)cc4n(-c4ccccc4-c4ccc(-c5ccc(N(c6ccccc6)c6ccc7c(c6)C6(c8ccccc8-c8ccccc86)c6ccccc6-7)cc5)cc4)c3c2)cc1. The van der Waals surface area contributed by atoms with Gasteiger partial charge < -0.3 is 9.47 Å². The Hall–Kier alpha value is -9.76. The molecule has 1 heterocycles. The number of hydrogen-bond donors (Lipinski definition) is 0. The lowest BCUT2D eigenvalue weighted by molar-refractivity contribution is 0.793. The summed E-state index contributed by atoms with van der Waals surface area (Å²) < 4.78 is 2.48. The van der Waals surface area contributed by atoms with Gasteiger partial charge in [-0.05, 0) is 138 Å². The molecular weight excluding hydrogens is 905 g/mol. The van der Waals surface area contributed by atoms with Crippen molar-refractivity contribution in [2.45, 2.75) is 5.41 Å². The molecule has 1 aromatic heterocycles. The fourth-order valence-electron chi connectivity index (χ4n) is 12.7. The minimum Gasteiger partial charge on any atom is -0.310 e. The molecule has 75 heavy (non-hydrogen) atoms. The number of benzene rings is 12. The van der Waals surface area contributed by atoms with E-state index in [1.807, 2.05) is 0 Å². The van der Waals surface area contributed by atoms with Crippen LogP contribution in [0.4, 0.5) is 17.1 Å². The Morgan fingerprint density at radius 3 is 1.15 bits per heavy atom. The molecule has 0 saturated heterocycles. The van der Waals surface area contributed by atoms with Crippen molar-refractivity contribution in [3.8, 4) is 72.4 Å². The van der Waals surface area contributed by atoms with Crippen molar-refractivity contribution in [3.63, 3.8) is 0 Å². The van der Waals surface area contributed by atoms with Gasteiger partial charge in [0.1, 0.15) is 0 Å². The van der Waals surface area contributed by atoms with E-state index in [0.717, 1.165) is 22.7 Å². The normalized spacial score (nSPS) is 12.6. The maximum Gasteiger partial charge on any atom is 0.0726 e. The summed E-state index contributed by atoms with van der Waals surface area (Å²) in [6, 6.07) is 107. The lowest BCUT2D eigenvalue weighted by Crippen LogP contribution is -2.26. The smallest absolute Gasteiger partial charge is 0.0726 e. The van der Waals surface area contributed by atoms with Crippen molar-refractivity contribution in [2.75, 3.05) is 4.90 Å². The molecule has 0 radical (unpaired) electrons. The minimum absolute atomic E-state index is 0.421. The van der Waals surface area contributed by atoms with Crippen molar-refractivity contribution < 1.29 is 0 Å². The predicted octanol–water partition coefficient (Wildman–Crippen LogP) is 19.3. The van der Waals surface area contributed by atoms with Crippen molar-refractivity contribution >= 4 is 38.9 Å². The minimum atomic E-state index is -0.421. The van der Waals surface area contributed by atoms with Crippen LogP contribution in [0.1, 0.15) is 22.3 Å². The quantitative estimate of drug-likeness (QED) is 0.147. The van der Waals surface area contributed by atoms with E-state index in [-0.39, 0.29) is 0 Å². The molecule has 0 bridgehead atoms. The number of para-hydroxylation sites is 2. The van der Waals surface area contributed by atoms with E-state index in [2.05, 4.69) is 301 Å². The Balaban J connectivity index is 0.810. The van der Waals surface area contributed by atoms with Gasteiger partial charge >= 0.3 is 0 Å². The third-order valence-corrected chi connectivity index (χ3v) is 16.0. The maximum atomic E-state index is 2.48. The summed E-state index contributed by atoms with van der Waals surface area (Å²) in [5.41, 5.74) is 26.5. The molecular formula is C73H48N2. The third-order valence-electron chi connectivity index (χ3n) is 16.0. The number of rotatable bonds is 8. The number of aromatic nitrogens is 1. The van der Waals surface area contributed by atoms with Crippen LogP contribution in [0.5, 0.6) is 0 Å². The first-order chi connectivity index (χ1) is 37.2. The van der Waals surface area contributed by atoms with E-state index in [0.29, 0.717) is 0 Å². The second-order valence-corrected chi connectivity index (χ2v) is 20.0. The summed E-state index contributed by atoms with van der Waals surface area (Å²) in [7, 11) is 0. The van der Waals surface area contributed by atoms with E-state index in [1.54, 1.807) is 0 Å². The molecule has 2 aliphatic carbocycles. The molecule has 15 rings (SSSR count). The van der Waals surface area contributed by atoms with Crippen LogP contribution in [0.15, 0.2) is 291 Å². The Morgan fingerprint density at radius 2 is 0.613 bits per heavy atom. The summed E-state index contributed by atoms with van der Waals surface area (Å²) in [5, 5.41) is 2.47. The first kappa shape index (κ1) is 42.9. The predicted molar refractivity (Wildman–Crippen MR) is 314 cm³/mol. The van der Waals surface area contributed by atoms with Crippen molar-refractivity contribution in [2.24, 2.45) is 0 Å². The van der Waals surface area contributed by atoms with Gasteiger partial charge in [-0.15, -0.1) is 0 Å². The molecule has 350 valence electrons. The largest absolute Gasteiger partial charge is 0.310 e. The van der Waals surface area contributed by atoms with Crippen LogP contribution in [0.25, 0.3) is 94.3 Å². The summed E-state index contributed by atoms with van der Waals surface area (Å²) in [6.45, 7) is 0. The highest BCUT2D eigenvalue weighted by Crippen LogP contribution is 2.63. The fourth-order valence-corrected chi connectivity index (χ4v) is 12.7. The molecule has 12 aromatic carbocycles. The maximum absolute atomic E-state index is 2.48. The Morgan fingerprint density at radius 1 is 0.240 bits per heavy atom. The van der Waals surface area contributed by atoms with E-state index in [1.165, 1.54) is 111 Å². The van der Waals surface area contributed by atoms with Gasteiger partial charge in [-0.2, -0.15) is 0 Å². The van der Waals surface area contributed by atoms with E-state index in [4.69, 9.17) is 0 Å². The van der Waals surface area contributed by atoms with E-state index < -0.39 is 5.41 Å². The molecule has 1 spiro atoms. The van der Waals surface area contributed by atoms with Gasteiger partial charge in [-0.25, -0.2) is 0 Å². The molecule has 2 aliphatic rings. The van der Waals surface area contributed by atoms with Crippen molar-refractivity contribution in [3.05, 3.63) is 313 Å². The average Bonchev–Trinajstić information content (AvgIpc) is 4.29. The molecule has 0 atom stereocenters. The second-order valence-electron chi connectivity index (χ2n) is 20.0.